The highest BCUT2D eigenvalue weighted by Gasteiger charge is 2.16. The van der Waals surface area contributed by atoms with Crippen LogP contribution in [0.2, 0.25) is 0 Å². The SMILES string of the molecule is COC(=O)c1cccc(/C=N\NC(=O)c2c(C)nc3sccn23)c1. The zero-order valence-corrected chi connectivity index (χ0v) is 13.8. The lowest BCUT2D eigenvalue weighted by Gasteiger charge is -2.01. The number of rotatable bonds is 4. The Morgan fingerprint density at radius 2 is 2.25 bits per heavy atom. The summed E-state index contributed by atoms with van der Waals surface area (Å²) in [5, 5.41) is 5.80. The highest BCUT2D eigenvalue weighted by Crippen LogP contribution is 2.16. The molecular weight excluding hydrogens is 328 g/mol. The van der Waals surface area contributed by atoms with Crippen molar-refractivity contribution >= 4 is 34.4 Å². The van der Waals surface area contributed by atoms with Crippen LogP contribution < -0.4 is 5.43 Å². The molecule has 0 atom stereocenters. The first-order valence-electron chi connectivity index (χ1n) is 7.04. The molecule has 2 heterocycles. The Balaban J connectivity index is 1.74. The van der Waals surface area contributed by atoms with Crippen molar-refractivity contribution in [3.8, 4) is 0 Å². The molecule has 3 rings (SSSR count). The Kier molecular flexibility index (Phi) is 4.39. The van der Waals surface area contributed by atoms with Crippen LogP contribution in [0.5, 0.6) is 0 Å². The van der Waals surface area contributed by atoms with Gasteiger partial charge in [-0.15, -0.1) is 11.3 Å². The molecule has 0 aliphatic rings. The van der Waals surface area contributed by atoms with Gasteiger partial charge in [0.05, 0.1) is 24.6 Å². The Morgan fingerprint density at radius 1 is 1.42 bits per heavy atom. The molecule has 1 amide bonds. The Bertz CT molecular complexity index is 942. The molecule has 24 heavy (non-hydrogen) atoms. The van der Waals surface area contributed by atoms with Crippen LogP contribution in [0.3, 0.4) is 0 Å². The minimum atomic E-state index is -0.427. The average Bonchev–Trinajstić information content (AvgIpc) is 3.14. The van der Waals surface area contributed by atoms with E-state index in [0.29, 0.717) is 22.5 Å². The second-order valence-electron chi connectivity index (χ2n) is 4.92. The van der Waals surface area contributed by atoms with E-state index in [-0.39, 0.29) is 5.91 Å². The van der Waals surface area contributed by atoms with E-state index in [0.717, 1.165) is 4.96 Å². The van der Waals surface area contributed by atoms with Crippen molar-refractivity contribution in [1.29, 1.82) is 0 Å². The molecule has 1 N–H and O–H groups in total. The summed E-state index contributed by atoms with van der Waals surface area (Å²) in [4.78, 5) is 28.9. The van der Waals surface area contributed by atoms with E-state index in [1.165, 1.54) is 24.7 Å². The Labute approximate surface area is 141 Å². The number of carbonyl (C=O) groups excluding carboxylic acids is 2. The monoisotopic (exact) mass is 342 g/mol. The molecule has 0 radical (unpaired) electrons. The maximum atomic E-state index is 12.3. The van der Waals surface area contributed by atoms with E-state index < -0.39 is 5.97 Å². The smallest absolute Gasteiger partial charge is 0.337 e. The predicted molar refractivity (Wildman–Crippen MR) is 90.6 cm³/mol. The van der Waals surface area contributed by atoms with E-state index in [9.17, 15) is 9.59 Å². The molecule has 0 saturated carbocycles. The third kappa shape index (κ3) is 3.04. The average molecular weight is 342 g/mol. The molecule has 8 heteroatoms. The van der Waals surface area contributed by atoms with Gasteiger partial charge in [0.2, 0.25) is 0 Å². The minimum absolute atomic E-state index is 0.348. The quantitative estimate of drug-likeness (QED) is 0.448. The van der Waals surface area contributed by atoms with E-state index in [2.05, 4.69) is 20.2 Å². The molecule has 0 bridgehead atoms. The van der Waals surface area contributed by atoms with Crippen LogP contribution in [-0.4, -0.2) is 34.6 Å². The van der Waals surface area contributed by atoms with Gasteiger partial charge in [-0.2, -0.15) is 5.10 Å². The van der Waals surface area contributed by atoms with Gasteiger partial charge in [-0.3, -0.25) is 9.20 Å². The normalized spacial score (nSPS) is 11.1. The number of hydrazone groups is 1. The number of methoxy groups -OCH3 is 1. The van der Waals surface area contributed by atoms with E-state index in [4.69, 9.17) is 0 Å². The topological polar surface area (TPSA) is 85.1 Å². The van der Waals surface area contributed by atoms with Gasteiger partial charge in [-0.1, -0.05) is 12.1 Å². The summed E-state index contributed by atoms with van der Waals surface area (Å²) in [5.41, 5.74) is 4.66. The number of fused-ring (bicyclic) bond motifs is 1. The third-order valence-electron chi connectivity index (χ3n) is 3.34. The molecular formula is C16H14N4O3S. The molecule has 1 aromatic carbocycles. The summed E-state index contributed by atoms with van der Waals surface area (Å²) in [7, 11) is 1.32. The first-order chi connectivity index (χ1) is 11.6. The van der Waals surface area contributed by atoms with Crippen molar-refractivity contribution in [3.05, 3.63) is 58.4 Å². The van der Waals surface area contributed by atoms with Gasteiger partial charge >= 0.3 is 5.97 Å². The third-order valence-corrected chi connectivity index (χ3v) is 4.10. The van der Waals surface area contributed by atoms with Crippen LogP contribution in [0, 0.1) is 6.92 Å². The Morgan fingerprint density at radius 3 is 3.04 bits per heavy atom. The number of hydrogen-bond donors (Lipinski definition) is 1. The van der Waals surface area contributed by atoms with E-state index in [1.807, 2.05) is 5.38 Å². The maximum Gasteiger partial charge on any atom is 0.337 e. The molecule has 0 aliphatic heterocycles. The molecule has 7 nitrogen and oxygen atoms in total. The van der Waals surface area contributed by atoms with Crippen molar-refractivity contribution < 1.29 is 14.3 Å². The van der Waals surface area contributed by atoms with Crippen molar-refractivity contribution in [3.63, 3.8) is 0 Å². The summed E-state index contributed by atoms with van der Waals surface area (Å²) in [6, 6.07) is 6.75. The van der Waals surface area contributed by atoms with Crippen molar-refractivity contribution in [2.45, 2.75) is 6.92 Å². The second-order valence-corrected chi connectivity index (χ2v) is 5.79. The predicted octanol–water partition coefficient (Wildman–Crippen LogP) is 2.25. The number of aryl methyl sites for hydroxylation is 1. The summed E-state index contributed by atoms with van der Waals surface area (Å²) >= 11 is 1.46. The van der Waals surface area contributed by atoms with Crippen LogP contribution in [0.25, 0.3) is 4.96 Å². The largest absolute Gasteiger partial charge is 0.465 e. The number of nitrogens with zero attached hydrogens (tertiary/aromatic N) is 3. The number of esters is 1. The zero-order chi connectivity index (χ0) is 17.1. The van der Waals surface area contributed by atoms with Gasteiger partial charge in [0.25, 0.3) is 5.91 Å². The zero-order valence-electron chi connectivity index (χ0n) is 13.0. The second kappa shape index (κ2) is 6.63. The lowest BCUT2D eigenvalue weighted by Crippen LogP contribution is -2.20. The number of carbonyl (C=O) groups is 2. The van der Waals surface area contributed by atoms with E-state index in [1.54, 1.807) is 41.8 Å². The van der Waals surface area contributed by atoms with Crippen molar-refractivity contribution in [2.24, 2.45) is 5.10 Å². The van der Waals surface area contributed by atoms with Crippen molar-refractivity contribution in [2.75, 3.05) is 7.11 Å². The van der Waals surface area contributed by atoms with Crippen LogP contribution >= 0.6 is 11.3 Å². The fourth-order valence-electron chi connectivity index (χ4n) is 2.25. The minimum Gasteiger partial charge on any atom is -0.465 e. The molecule has 0 spiro atoms. The van der Waals surface area contributed by atoms with Gasteiger partial charge in [0, 0.05) is 11.6 Å². The molecule has 0 unspecified atom stereocenters. The number of imidazole rings is 1. The van der Waals surface area contributed by atoms with Crippen LogP contribution in [0.1, 0.15) is 32.1 Å². The number of thiazole rings is 1. The lowest BCUT2D eigenvalue weighted by atomic mass is 10.1. The standard InChI is InChI=1S/C16H14N4O3S/c1-10-13(20-6-7-24-16(20)18-10)14(21)19-17-9-11-4-3-5-12(8-11)15(22)23-2/h3-9H,1-2H3,(H,19,21)/b17-9-. The summed E-state index contributed by atoms with van der Waals surface area (Å²) in [6.07, 6.45) is 3.25. The van der Waals surface area contributed by atoms with Gasteiger partial charge in [0.15, 0.2) is 4.96 Å². The molecule has 0 saturated heterocycles. The van der Waals surface area contributed by atoms with E-state index >= 15 is 0 Å². The summed E-state index contributed by atoms with van der Waals surface area (Å²) < 4.78 is 6.39. The van der Waals surface area contributed by atoms with Gasteiger partial charge in [-0.25, -0.2) is 15.2 Å². The van der Waals surface area contributed by atoms with Crippen LogP contribution in [-0.2, 0) is 4.74 Å². The van der Waals surface area contributed by atoms with Gasteiger partial charge in [0.1, 0.15) is 5.69 Å². The highest BCUT2D eigenvalue weighted by atomic mass is 32.1. The summed E-state index contributed by atoms with van der Waals surface area (Å²) in [6.45, 7) is 1.78. The van der Waals surface area contributed by atoms with Crippen LogP contribution in [0.4, 0.5) is 0 Å². The summed E-state index contributed by atoms with van der Waals surface area (Å²) in [5.74, 6) is -0.775. The number of aromatic nitrogens is 2. The fourth-order valence-corrected chi connectivity index (χ4v) is 3.01. The van der Waals surface area contributed by atoms with Crippen molar-refractivity contribution in [1.82, 2.24) is 14.8 Å². The number of hydrogen-bond acceptors (Lipinski definition) is 6. The molecule has 0 fully saturated rings. The maximum absolute atomic E-state index is 12.3. The molecule has 2 aromatic heterocycles. The number of nitrogens with one attached hydrogen (secondary N) is 1. The lowest BCUT2D eigenvalue weighted by molar-refractivity contribution is 0.0600. The van der Waals surface area contributed by atoms with Gasteiger partial charge < -0.3 is 4.74 Å². The molecule has 3 aromatic rings. The fraction of sp³-hybridized carbons (Fsp3) is 0.125. The van der Waals surface area contributed by atoms with Gasteiger partial charge in [-0.05, 0) is 24.6 Å². The van der Waals surface area contributed by atoms with Crippen LogP contribution in [0.15, 0.2) is 40.9 Å². The molecule has 0 aliphatic carbocycles. The molecule has 122 valence electrons. The number of ether oxygens (including phenoxy) is 1. The first kappa shape index (κ1) is 15.9. The first-order valence-corrected chi connectivity index (χ1v) is 7.92. The number of amides is 1. The number of benzene rings is 1. The Hall–Kier alpha value is -3.00. The highest BCUT2D eigenvalue weighted by molar-refractivity contribution is 7.15.